The van der Waals surface area contributed by atoms with E-state index in [1.807, 2.05) is 31.3 Å². The minimum absolute atomic E-state index is 0.656. The second-order valence-corrected chi connectivity index (χ2v) is 8.83. The monoisotopic (exact) mass is 455 g/mol. The number of fused-ring (bicyclic) bond motifs is 1. The fraction of sp³-hybridized carbons (Fsp3) is 0.333. The van der Waals surface area contributed by atoms with Crippen molar-refractivity contribution in [1.82, 2.24) is 29.6 Å². The second-order valence-electron chi connectivity index (χ2n) is 7.45. The SMILES string of the molecule is CN(Cc1csc(CN2CCOCC2)n1)c1ncnc2c1cnn2-c1cccc(Cl)c1. The van der Waals surface area contributed by atoms with Crippen LogP contribution in [0.5, 0.6) is 0 Å². The van der Waals surface area contributed by atoms with Gasteiger partial charge < -0.3 is 9.64 Å². The molecule has 0 aliphatic carbocycles. The van der Waals surface area contributed by atoms with Gasteiger partial charge in [0.2, 0.25) is 0 Å². The second kappa shape index (κ2) is 8.88. The first-order chi connectivity index (χ1) is 15.2. The topological polar surface area (TPSA) is 72.2 Å². The smallest absolute Gasteiger partial charge is 0.168 e. The minimum atomic E-state index is 0.656. The van der Waals surface area contributed by atoms with Gasteiger partial charge in [-0.3, -0.25) is 4.90 Å². The Morgan fingerprint density at radius 3 is 2.94 bits per heavy atom. The average Bonchev–Trinajstić information content (AvgIpc) is 3.41. The molecule has 1 fully saturated rings. The molecule has 4 aromatic rings. The summed E-state index contributed by atoms with van der Waals surface area (Å²) in [5, 5.41) is 9.32. The van der Waals surface area contributed by atoms with Crippen LogP contribution in [0.25, 0.3) is 16.7 Å². The molecule has 5 rings (SSSR count). The van der Waals surface area contributed by atoms with E-state index in [2.05, 4.69) is 30.2 Å². The molecule has 4 heterocycles. The maximum Gasteiger partial charge on any atom is 0.168 e. The third kappa shape index (κ3) is 4.40. The predicted octanol–water partition coefficient (Wildman–Crippen LogP) is 3.39. The van der Waals surface area contributed by atoms with E-state index in [9.17, 15) is 0 Å². The number of hydrogen-bond donors (Lipinski definition) is 0. The lowest BCUT2D eigenvalue weighted by molar-refractivity contribution is 0.0341. The number of halogens is 1. The number of benzene rings is 1. The number of thiazole rings is 1. The third-order valence-corrected chi connectivity index (χ3v) is 6.34. The van der Waals surface area contributed by atoms with Crippen LogP contribution < -0.4 is 4.90 Å². The van der Waals surface area contributed by atoms with Crippen LogP contribution in [0.3, 0.4) is 0 Å². The molecule has 160 valence electrons. The molecule has 0 bridgehead atoms. The molecule has 31 heavy (non-hydrogen) atoms. The van der Waals surface area contributed by atoms with E-state index in [1.165, 1.54) is 0 Å². The van der Waals surface area contributed by atoms with Gasteiger partial charge in [-0.25, -0.2) is 19.6 Å². The highest BCUT2D eigenvalue weighted by atomic mass is 35.5. The molecule has 0 atom stereocenters. The van der Waals surface area contributed by atoms with E-state index in [-0.39, 0.29) is 0 Å². The summed E-state index contributed by atoms with van der Waals surface area (Å²) >= 11 is 7.86. The lowest BCUT2D eigenvalue weighted by Crippen LogP contribution is -2.35. The number of rotatable bonds is 6. The van der Waals surface area contributed by atoms with E-state index in [0.29, 0.717) is 11.6 Å². The number of morpholine rings is 1. The van der Waals surface area contributed by atoms with Crippen LogP contribution in [-0.4, -0.2) is 63.0 Å². The van der Waals surface area contributed by atoms with Gasteiger partial charge >= 0.3 is 0 Å². The number of nitrogens with zero attached hydrogens (tertiary/aromatic N) is 7. The zero-order chi connectivity index (χ0) is 21.2. The highest BCUT2D eigenvalue weighted by Gasteiger charge is 2.17. The van der Waals surface area contributed by atoms with Crippen LogP contribution in [0.4, 0.5) is 5.82 Å². The molecule has 0 saturated carbocycles. The highest BCUT2D eigenvalue weighted by Crippen LogP contribution is 2.26. The lowest BCUT2D eigenvalue weighted by atomic mass is 10.3. The first-order valence-corrected chi connectivity index (χ1v) is 11.3. The number of aromatic nitrogens is 5. The summed E-state index contributed by atoms with van der Waals surface area (Å²) in [5.74, 6) is 0.820. The van der Waals surface area contributed by atoms with Crippen LogP contribution in [0.15, 0.2) is 42.2 Å². The molecule has 1 aromatic carbocycles. The van der Waals surface area contributed by atoms with Crippen LogP contribution in [-0.2, 0) is 17.8 Å². The summed E-state index contributed by atoms with van der Waals surface area (Å²) in [6.45, 7) is 5.06. The van der Waals surface area contributed by atoms with Gasteiger partial charge in [0.05, 0.1) is 49.3 Å². The Morgan fingerprint density at radius 1 is 1.23 bits per heavy atom. The minimum Gasteiger partial charge on any atom is -0.379 e. The third-order valence-electron chi connectivity index (χ3n) is 5.22. The number of anilines is 1. The summed E-state index contributed by atoms with van der Waals surface area (Å²) < 4.78 is 7.21. The maximum absolute atomic E-state index is 6.15. The standard InChI is InChI=1S/C21H22ClN7OS/c1-27(11-16-13-31-19(26-16)12-28-5-7-30-8-6-28)20-18-10-25-29(21(18)24-14-23-20)17-4-2-3-15(22)9-17/h2-4,9-10,13-14H,5-8,11-12H2,1H3. The Morgan fingerprint density at radius 2 is 2.10 bits per heavy atom. The molecular formula is C21H22ClN7OS. The van der Waals surface area contributed by atoms with Gasteiger partial charge in [-0.15, -0.1) is 11.3 Å². The van der Waals surface area contributed by atoms with Gasteiger partial charge in [0, 0.05) is 30.5 Å². The zero-order valence-corrected chi connectivity index (χ0v) is 18.7. The van der Waals surface area contributed by atoms with Gasteiger partial charge in [-0.1, -0.05) is 17.7 Å². The summed E-state index contributed by atoms with van der Waals surface area (Å²) in [6.07, 6.45) is 3.37. The molecule has 0 amide bonds. The van der Waals surface area contributed by atoms with E-state index >= 15 is 0 Å². The van der Waals surface area contributed by atoms with Crippen molar-refractivity contribution < 1.29 is 4.74 Å². The van der Waals surface area contributed by atoms with Crippen molar-refractivity contribution >= 4 is 39.8 Å². The Kier molecular flexibility index (Phi) is 5.82. The molecule has 0 N–H and O–H groups in total. The number of hydrogen-bond acceptors (Lipinski definition) is 8. The first kappa shape index (κ1) is 20.3. The van der Waals surface area contributed by atoms with Crippen molar-refractivity contribution in [3.63, 3.8) is 0 Å². The quantitative estimate of drug-likeness (QED) is 0.441. The van der Waals surface area contributed by atoms with Gasteiger partial charge in [-0.2, -0.15) is 5.10 Å². The van der Waals surface area contributed by atoms with E-state index < -0.39 is 0 Å². The van der Waals surface area contributed by atoms with E-state index in [0.717, 1.165) is 66.1 Å². The fourth-order valence-electron chi connectivity index (χ4n) is 3.70. The Balaban J connectivity index is 1.35. The molecule has 0 radical (unpaired) electrons. The molecule has 0 spiro atoms. The molecule has 1 aliphatic heterocycles. The maximum atomic E-state index is 6.15. The largest absolute Gasteiger partial charge is 0.379 e. The zero-order valence-electron chi connectivity index (χ0n) is 17.1. The Hall–Kier alpha value is -2.59. The van der Waals surface area contributed by atoms with Crippen molar-refractivity contribution in [2.45, 2.75) is 13.1 Å². The molecule has 0 unspecified atom stereocenters. The molecule has 8 nitrogen and oxygen atoms in total. The molecular weight excluding hydrogens is 434 g/mol. The first-order valence-electron chi connectivity index (χ1n) is 10.1. The van der Waals surface area contributed by atoms with Crippen LogP contribution in [0, 0.1) is 0 Å². The molecule has 10 heteroatoms. The number of ether oxygens (including phenoxy) is 1. The highest BCUT2D eigenvalue weighted by molar-refractivity contribution is 7.09. The summed E-state index contributed by atoms with van der Waals surface area (Å²) in [5.41, 5.74) is 2.64. The molecule has 1 saturated heterocycles. The Labute approximate surface area is 189 Å². The predicted molar refractivity (Wildman–Crippen MR) is 122 cm³/mol. The van der Waals surface area contributed by atoms with Gasteiger partial charge in [0.25, 0.3) is 0 Å². The van der Waals surface area contributed by atoms with Gasteiger partial charge in [-0.05, 0) is 18.2 Å². The fourth-order valence-corrected chi connectivity index (χ4v) is 4.71. The van der Waals surface area contributed by atoms with Crippen molar-refractivity contribution in [3.05, 3.63) is 57.9 Å². The van der Waals surface area contributed by atoms with E-state index in [4.69, 9.17) is 21.3 Å². The van der Waals surface area contributed by atoms with Crippen molar-refractivity contribution in [3.8, 4) is 5.69 Å². The lowest BCUT2D eigenvalue weighted by Gasteiger charge is -2.25. The molecule has 1 aliphatic rings. The van der Waals surface area contributed by atoms with Crippen molar-refractivity contribution in [1.29, 1.82) is 0 Å². The summed E-state index contributed by atoms with van der Waals surface area (Å²) in [4.78, 5) is 18.3. The molecule has 3 aromatic heterocycles. The van der Waals surface area contributed by atoms with Crippen LogP contribution in [0.1, 0.15) is 10.7 Å². The van der Waals surface area contributed by atoms with Crippen molar-refractivity contribution in [2.75, 3.05) is 38.3 Å². The average molecular weight is 456 g/mol. The van der Waals surface area contributed by atoms with Gasteiger partial charge in [0.15, 0.2) is 5.65 Å². The van der Waals surface area contributed by atoms with Crippen molar-refractivity contribution in [2.24, 2.45) is 0 Å². The normalized spacial score (nSPS) is 14.9. The summed E-state index contributed by atoms with van der Waals surface area (Å²) in [6, 6.07) is 7.56. The van der Waals surface area contributed by atoms with Crippen LogP contribution in [0.2, 0.25) is 5.02 Å². The summed E-state index contributed by atoms with van der Waals surface area (Å²) in [7, 11) is 2.01. The van der Waals surface area contributed by atoms with E-state index in [1.54, 1.807) is 28.5 Å². The Bertz CT molecular complexity index is 1190. The van der Waals surface area contributed by atoms with Gasteiger partial charge in [0.1, 0.15) is 17.2 Å². The van der Waals surface area contributed by atoms with Crippen LogP contribution >= 0.6 is 22.9 Å².